The fraction of sp³-hybridized carbons (Fsp3) is 0.417. The lowest BCUT2D eigenvalue weighted by Gasteiger charge is -2.49. The van der Waals surface area contributed by atoms with Crippen LogP contribution in [0.3, 0.4) is 0 Å². The van der Waals surface area contributed by atoms with Crippen LogP contribution in [0.15, 0.2) is 48.5 Å². The van der Waals surface area contributed by atoms with E-state index >= 15 is 0 Å². The summed E-state index contributed by atoms with van der Waals surface area (Å²) in [6.45, 7) is 0.328. The Labute approximate surface area is 171 Å². The van der Waals surface area contributed by atoms with Crippen molar-refractivity contribution in [1.29, 1.82) is 5.26 Å². The molecule has 148 valence electrons. The van der Waals surface area contributed by atoms with E-state index in [1.54, 1.807) is 0 Å². The molecule has 2 aromatic carbocycles. The smallest absolute Gasteiger partial charge is 0.410 e. The third-order valence-corrected chi connectivity index (χ3v) is 6.83. The molecular formula is C24H25N3O2. The van der Waals surface area contributed by atoms with E-state index in [4.69, 9.17) is 10.5 Å². The van der Waals surface area contributed by atoms with Gasteiger partial charge in [-0.3, -0.25) is 0 Å². The SMILES string of the molecule is N#CC1(N)CC2CCCC(C1)N2C(=O)OCC1c2ccccc2-c2ccccc21. The van der Waals surface area contributed by atoms with Crippen LogP contribution in [0.1, 0.15) is 49.1 Å². The van der Waals surface area contributed by atoms with Crippen molar-refractivity contribution in [1.82, 2.24) is 4.90 Å². The van der Waals surface area contributed by atoms with Crippen molar-refractivity contribution in [2.75, 3.05) is 6.61 Å². The van der Waals surface area contributed by atoms with Crippen LogP contribution >= 0.6 is 0 Å². The monoisotopic (exact) mass is 387 g/mol. The first-order chi connectivity index (χ1) is 14.1. The van der Waals surface area contributed by atoms with E-state index in [0.29, 0.717) is 19.4 Å². The largest absolute Gasteiger partial charge is 0.448 e. The first-order valence-corrected chi connectivity index (χ1v) is 10.4. The van der Waals surface area contributed by atoms with Gasteiger partial charge in [0.1, 0.15) is 12.1 Å². The van der Waals surface area contributed by atoms with Crippen molar-refractivity contribution >= 4 is 6.09 Å². The molecule has 1 amide bonds. The molecule has 0 saturated carbocycles. The van der Waals surface area contributed by atoms with Crippen LogP contribution in [0.2, 0.25) is 0 Å². The van der Waals surface area contributed by atoms with Crippen molar-refractivity contribution in [2.45, 2.75) is 55.6 Å². The minimum absolute atomic E-state index is 0.00259. The van der Waals surface area contributed by atoms with Crippen LogP contribution in [-0.2, 0) is 4.74 Å². The highest BCUT2D eigenvalue weighted by atomic mass is 16.6. The van der Waals surface area contributed by atoms with Crippen molar-refractivity contribution < 1.29 is 9.53 Å². The van der Waals surface area contributed by atoms with Crippen LogP contribution in [0.5, 0.6) is 0 Å². The number of carbonyl (C=O) groups excluding carboxylic acids is 1. The summed E-state index contributed by atoms with van der Waals surface area (Å²) in [7, 11) is 0. The first-order valence-electron chi connectivity index (χ1n) is 10.4. The summed E-state index contributed by atoms with van der Waals surface area (Å²) in [5.41, 5.74) is 10.3. The Kier molecular flexibility index (Phi) is 4.33. The minimum Gasteiger partial charge on any atom is -0.448 e. The fourth-order valence-electron chi connectivity index (χ4n) is 5.55. The lowest BCUT2D eigenvalue weighted by molar-refractivity contribution is 0.00740. The molecule has 5 heteroatoms. The fourth-order valence-corrected chi connectivity index (χ4v) is 5.55. The number of fused-ring (bicyclic) bond motifs is 5. The van der Waals surface area contributed by atoms with Gasteiger partial charge in [0.05, 0.1) is 6.07 Å². The average molecular weight is 387 g/mol. The van der Waals surface area contributed by atoms with Crippen molar-refractivity contribution in [3.05, 3.63) is 59.7 Å². The van der Waals surface area contributed by atoms with Crippen molar-refractivity contribution in [2.24, 2.45) is 5.73 Å². The number of nitrogens with two attached hydrogens (primary N) is 1. The number of benzene rings is 2. The summed E-state index contributed by atoms with van der Waals surface area (Å²) < 4.78 is 5.88. The van der Waals surface area contributed by atoms with Gasteiger partial charge < -0.3 is 15.4 Å². The Hall–Kier alpha value is -2.84. The normalized spacial score (nSPS) is 27.7. The minimum atomic E-state index is -0.824. The third kappa shape index (κ3) is 2.99. The van der Waals surface area contributed by atoms with E-state index in [1.165, 1.54) is 22.3 Å². The highest BCUT2D eigenvalue weighted by Gasteiger charge is 2.47. The first kappa shape index (κ1) is 18.2. The average Bonchev–Trinajstić information content (AvgIpc) is 3.05. The second kappa shape index (κ2) is 6.89. The summed E-state index contributed by atoms with van der Waals surface area (Å²) in [5.74, 6) is 0.0590. The Morgan fingerprint density at radius 2 is 1.62 bits per heavy atom. The van der Waals surface area contributed by atoms with E-state index in [9.17, 15) is 10.1 Å². The Bertz CT molecular complexity index is 936. The molecule has 2 aromatic rings. The van der Waals surface area contributed by atoms with Gasteiger partial charge in [-0.05, 0) is 54.4 Å². The Balaban J connectivity index is 1.35. The Morgan fingerprint density at radius 3 is 2.17 bits per heavy atom. The van der Waals surface area contributed by atoms with Gasteiger partial charge in [0, 0.05) is 18.0 Å². The van der Waals surface area contributed by atoms with E-state index < -0.39 is 5.54 Å². The van der Waals surface area contributed by atoms with Crippen LogP contribution in [0, 0.1) is 11.3 Å². The summed E-state index contributed by atoms with van der Waals surface area (Å²) in [4.78, 5) is 14.9. The number of ether oxygens (including phenoxy) is 1. The number of piperidine rings is 2. The molecule has 2 atom stereocenters. The molecule has 1 aliphatic carbocycles. The highest BCUT2D eigenvalue weighted by molar-refractivity contribution is 5.79. The zero-order chi connectivity index (χ0) is 20.0. The number of hydrogen-bond donors (Lipinski definition) is 1. The second-order valence-corrected chi connectivity index (χ2v) is 8.63. The van der Waals surface area contributed by atoms with Crippen LogP contribution < -0.4 is 5.73 Å². The van der Waals surface area contributed by atoms with Gasteiger partial charge in [-0.15, -0.1) is 0 Å². The predicted molar refractivity (Wildman–Crippen MR) is 110 cm³/mol. The molecule has 2 fully saturated rings. The summed E-state index contributed by atoms with van der Waals surface area (Å²) in [5, 5.41) is 9.45. The standard InChI is InChI=1S/C24H25N3O2/c25-15-24(26)12-16-6-5-7-17(13-24)27(16)23(28)29-14-22-20-10-3-1-8-18(20)19-9-2-4-11-21(19)22/h1-4,8-11,16-17,22H,5-7,12-14,26H2. The number of nitrogens with zero attached hydrogens (tertiary/aromatic N) is 2. The lowest BCUT2D eigenvalue weighted by Crippen LogP contribution is -2.62. The van der Waals surface area contributed by atoms with E-state index in [0.717, 1.165) is 19.3 Å². The molecule has 2 bridgehead atoms. The molecule has 0 aromatic heterocycles. The Morgan fingerprint density at radius 1 is 1.07 bits per heavy atom. The number of rotatable bonds is 2. The van der Waals surface area contributed by atoms with Crippen LogP contribution in [0.4, 0.5) is 4.79 Å². The van der Waals surface area contributed by atoms with Crippen LogP contribution in [0.25, 0.3) is 11.1 Å². The maximum atomic E-state index is 13.1. The summed E-state index contributed by atoms with van der Waals surface area (Å²) in [6.07, 6.45) is 3.66. The molecule has 2 aliphatic heterocycles. The third-order valence-electron chi connectivity index (χ3n) is 6.83. The van der Waals surface area contributed by atoms with E-state index in [-0.39, 0.29) is 24.1 Å². The van der Waals surface area contributed by atoms with Gasteiger partial charge in [0.15, 0.2) is 0 Å². The van der Waals surface area contributed by atoms with Gasteiger partial charge in [-0.25, -0.2) is 4.79 Å². The molecule has 29 heavy (non-hydrogen) atoms. The molecule has 2 heterocycles. The summed E-state index contributed by atoms with van der Waals surface area (Å²) >= 11 is 0. The van der Waals surface area contributed by atoms with Gasteiger partial charge >= 0.3 is 6.09 Å². The van der Waals surface area contributed by atoms with Gasteiger partial charge in [0.2, 0.25) is 0 Å². The van der Waals surface area contributed by atoms with Crippen molar-refractivity contribution in [3.63, 3.8) is 0 Å². The molecular weight excluding hydrogens is 362 g/mol. The summed E-state index contributed by atoms with van der Waals surface area (Å²) in [6, 6.07) is 19.0. The molecule has 5 nitrogen and oxygen atoms in total. The quantitative estimate of drug-likeness (QED) is 0.839. The molecule has 2 saturated heterocycles. The molecule has 0 spiro atoms. The van der Waals surface area contributed by atoms with Gasteiger partial charge in [-0.2, -0.15) is 5.26 Å². The molecule has 2 N–H and O–H groups in total. The van der Waals surface area contributed by atoms with Crippen molar-refractivity contribution in [3.8, 4) is 17.2 Å². The zero-order valence-electron chi connectivity index (χ0n) is 16.4. The van der Waals surface area contributed by atoms with Gasteiger partial charge in [-0.1, -0.05) is 48.5 Å². The molecule has 5 rings (SSSR count). The number of amides is 1. The number of nitriles is 1. The number of carbonyl (C=O) groups is 1. The highest BCUT2D eigenvalue weighted by Crippen LogP contribution is 2.45. The molecule has 3 aliphatic rings. The molecule has 0 radical (unpaired) electrons. The number of hydrogen-bond acceptors (Lipinski definition) is 4. The lowest BCUT2D eigenvalue weighted by atomic mass is 9.75. The van der Waals surface area contributed by atoms with E-state index in [2.05, 4.69) is 30.3 Å². The maximum absolute atomic E-state index is 13.1. The predicted octanol–water partition coefficient (Wildman–Crippen LogP) is 4.17. The maximum Gasteiger partial charge on any atom is 0.410 e. The topological polar surface area (TPSA) is 79.4 Å². The van der Waals surface area contributed by atoms with E-state index in [1.807, 2.05) is 29.2 Å². The second-order valence-electron chi connectivity index (χ2n) is 8.63. The van der Waals surface area contributed by atoms with Crippen LogP contribution in [-0.4, -0.2) is 35.2 Å². The van der Waals surface area contributed by atoms with Gasteiger partial charge in [0.25, 0.3) is 0 Å². The zero-order valence-corrected chi connectivity index (χ0v) is 16.4. The molecule has 2 unspecified atom stereocenters.